The number of ether oxygens (including phenoxy) is 1. The van der Waals surface area contributed by atoms with Crippen LogP contribution in [0.2, 0.25) is 0 Å². The summed E-state index contributed by atoms with van der Waals surface area (Å²) in [6.07, 6.45) is 7.05. The Labute approximate surface area is 172 Å². The SMILES string of the molecule is COc1ccc(O)cc1-c1cc(-c2cccnc2)c2c(-c3cccnc3)[nH]nc2n1. The monoisotopic (exact) mass is 395 g/mol. The van der Waals surface area contributed by atoms with Crippen molar-refractivity contribution in [3.05, 3.63) is 73.3 Å². The van der Waals surface area contributed by atoms with Crippen molar-refractivity contribution in [3.63, 3.8) is 0 Å². The standard InChI is InChI=1S/C23H17N5O2/c1-30-20-7-6-16(29)10-18(20)19-11-17(14-4-2-8-24-12-14)21-22(27-28-23(21)26-19)15-5-3-9-25-13-15/h2-13,29H,1H3,(H,26,27,28). The molecule has 0 atom stereocenters. The summed E-state index contributed by atoms with van der Waals surface area (Å²) in [5, 5.41) is 18.5. The van der Waals surface area contributed by atoms with Gasteiger partial charge in [0.2, 0.25) is 0 Å². The predicted molar refractivity (Wildman–Crippen MR) is 114 cm³/mol. The number of H-pyrrole nitrogens is 1. The molecular formula is C23H17N5O2. The quantitative estimate of drug-likeness (QED) is 0.466. The van der Waals surface area contributed by atoms with Gasteiger partial charge in [-0.3, -0.25) is 15.1 Å². The van der Waals surface area contributed by atoms with Gasteiger partial charge in [-0.2, -0.15) is 5.10 Å². The van der Waals surface area contributed by atoms with Crippen molar-refractivity contribution in [1.82, 2.24) is 25.1 Å². The normalized spacial score (nSPS) is 11.0. The van der Waals surface area contributed by atoms with E-state index in [4.69, 9.17) is 9.72 Å². The molecule has 0 aliphatic heterocycles. The van der Waals surface area contributed by atoms with E-state index in [0.29, 0.717) is 22.7 Å². The molecule has 0 bridgehead atoms. The van der Waals surface area contributed by atoms with Gasteiger partial charge in [0.25, 0.3) is 0 Å². The molecule has 0 fully saturated rings. The summed E-state index contributed by atoms with van der Waals surface area (Å²) in [4.78, 5) is 13.3. The van der Waals surface area contributed by atoms with Crippen LogP contribution >= 0.6 is 0 Å². The van der Waals surface area contributed by atoms with Crippen molar-refractivity contribution >= 4 is 11.0 Å². The zero-order valence-electron chi connectivity index (χ0n) is 16.1. The van der Waals surface area contributed by atoms with Crippen LogP contribution in [0.4, 0.5) is 0 Å². The summed E-state index contributed by atoms with van der Waals surface area (Å²) in [6.45, 7) is 0. The largest absolute Gasteiger partial charge is 0.508 e. The maximum atomic E-state index is 10.0. The third kappa shape index (κ3) is 3.02. The van der Waals surface area contributed by atoms with Gasteiger partial charge in [0.15, 0.2) is 5.65 Å². The van der Waals surface area contributed by atoms with Gasteiger partial charge in [-0.15, -0.1) is 0 Å². The molecule has 1 aromatic carbocycles. The highest BCUT2D eigenvalue weighted by Gasteiger charge is 2.19. The Morgan fingerprint density at radius 1 is 0.900 bits per heavy atom. The zero-order chi connectivity index (χ0) is 20.5. The molecule has 2 N–H and O–H groups in total. The van der Waals surface area contributed by atoms with Crippen LogP contribution in [0.15, 0.2) is 73.3 Å². The Bertz CT molecular complexity index is 1330. The minimum atomic E-state index is 0.133. The Hall–Kier alpha value is -4.26. The van der Waals surface area contributed by atoms with Crippen LogP contribution in [-0.4, -0.2) is 37.4 Å². The second kappa shape index (κ2) is 7.29. The molecule has 0 amide bonds. The first-order valence-corrected chi connectivity index (χ1v) is 9.32. The summed E-state index contributed by atoms with van der Waals surface area (Å²) in [5.41, 5.74) is 5.45. The third-order valence-corrected chi connectivity index (χ3v) is 4.91. The molecule has 4 heterocycles. The Morgan fingerprint density at radius 2 is 1.67 bits per heavy atom. The highest BCUT2D eigenvalue weighted by molar-refractivity contribution is 6.03. The third-order valence-electron chi connectivity index (χ3n) is 4.91. The molecule has 0 unspecified atom stereocenters. The Kier molecular flexibility index (Phi) is 4.33. The molecule has 5 aromatic rings. The summed E-state index contributed by atoms with van der Waals surface area (Å²) >= 11 is 0. The first-order valence-electron chi connectivity index (χ1n) is 9.32. The number of rotatable bonds is 4. The van der Waals surface area contributed by atoms with Crippen LogP contribution in [0.5, 0.6) is 11.5 Å². The van der Waals surface area contributed by atoms with Gasteiger partial charge in [0, 0.05) is 41.5 Å². The van der Waals surface area contributed by atoms with Crippen LogP contribution in [0.1, 0.15) is 0 Å². The number of phenolic OH excluding ortho intramolecular Hbond substituents is 1. The number of phenols is 1. The number of hydrogen-bond donors (Lipinski definition) is 2. The van der Waals surface area contributed by atoms with Gasteiger partial charge in [0.1, 0.15) is 11.5 Å². The predicted octanol–water partition coefficient (Wildman–Crippen LogP) is 4.46. The van der Waals surface area contributed by atoms with Crippen LogP contribution in [0, 0.1) is 0 Å². The molecule has 0 radical (unpaired) electrons. The summed E-state index contributed by atoms with van der Waals surface area (Å²) in [7, 11) is 1.59. The van der Waals surface area contributed by atoms with Gasteiger partial charge in [-0.1, -0.05) is 6.07 Å². The smallest absolute Gasteiger partial charge is 0.182 e. The lowest BCUT2D eigenvalue weighted by Gasteiger charge is -2.11. The molecule has 0 saturated heterocycles. The van der Waals surface area contributed by atoms with Gasteiger partial charge in [-0.05, 0) is 48.0 Å². The summed E-state index contributed by atoms with van der Waals surface area (Å²) < 4.78 is 5.49. The van der Waals surface area contributed by atoms with E-state index >= 15 is 0 Å². The molecule has 7 nitrogen and oxygen atoms in total. The fourth-order valence-corrected chi connectivity index (χ4v) is 3.53. The molecule has 0 spiro atoms. The molecule has 30 heavy (non-hydrogen) atoms. The average Bonchev–Trinajstić information content (AvgIpc) is 3.24. The number of aromatic hydroxyl groups is 1. The average molecular weight is 395 g/mol. The topological polar surface area (TPSA) is 96.8 Å². The number of fused-ring (bicyclic) bond motifs is 1. The van der Waals surface area contributed by atoms with Gasteiger partial charge in [0.05, 0.1) is 23.9 Å². The molecule has 0 aliphatic carbocycles. The van der Waals surface area contributed by atoms with E-state index in [1.54, 1.807) is 50.1 Å². The molecule has 4 aromatic heterocycles. The molecule has 0 saturated carbocycles. The van der Waals surface area contributed by atoms with E-state index in [-0.39, 0.29) is 5.75 Å². The van der Waals surface area contributed by atoms with Crippen LogP contribution in [0.25, 0.3) is 44.7 Å². The second-order valence-electron chi connectivity index (χ2n) is 6.72. The van der Waals surface area contributed by atoms with Crippen molar-refractivity contribution in [2.75, 3.05) is 7.11 Å². The van der Waals surface area contributed by atoms with E-state index in [9.17, 15) is 5.11 Å². The minimum absolute atomic E-state index is 0.133. The molecule has 146 valence electrons. The van der Waals surface area contributed by atoms with E-state index in [0.717, 1.165) is 27.8 Å². The van der Waals surface area contributed by atoms with Crippen LogP contribution in [0.3, 0.4) is 0 Å². The van der Waals surface area contributed by atoms with Crippen molar-refractivity contribution in [1.29, 1.82) is 0 Å². The number of methoxy groups -OCH3 is 1. The zero-order valence-corrected chi connectivity index (χ0v) is 16.1. The summed E-state index contributed by atoms with van der Waals surface area (Å²) in [6, 6.07) is 14.6. The number of aromatic amines is 1. The number of pyridine rings is 3. The Balaban J connectivity index is 1.82. The summed E-state index contributed by atoms with van der Waals surface area (Å²) in [5.74, 6) is 0.744. The molecular weight excluding hydrogens is 378 g/mol. The highest BCUT2D eigenvalue weighted by atomic mass is 16.5. The second-order valence-corrected chi connectivity index (χ2v) is 6.72. The minimum Gasteiger partial charge on any atom is -0.508 e. The van der Waals surface area contributed by atoms with Gasteiger partial charge in [-0.25, -0.2) is 4.98 Å². The maximum Gasteiger partial charge on any atom is 0.182 e. The van der Waals surface area contributed by atoms with Crippen molar-refractivity contribution in [3.8, 4) is 45.1 Å². The lowest BCUT2D eigenvalue weighted by molar-refractivity contribution is 0.414. The Morgan fingerprint density at radius 3 is 2.37 bits per heavy atom. The van der Waals surface area contributed by atoms with Gasteiger partial charge < -0.3 is 9.84 Å². The molecule has 0 aliphatic rings. The fourth-order valence-electron chi connectivity index (χ4n) is 3.53. The van der Waals surface area contributed by atoms with E-state index < -0.39 is 0 Å². The van der Waals surface area contributed by atoms with Gasteiger partial charge >= 0.3 is 0 Å². The van der Waals surface area contributed by atoms with Crippen molar-refractivity contribution in [2.45, 2.75) is 0 Å². The van der Waals surface area contributed by atoms with Crippen LogP contribution < -0.4 is 4.74 Å². The highest BCUT2D eigenvalue weighted by Crippen LogP contribution is 2.39. The molecule has 5 rings (SSSR count). The fraction of sp³-hybridized carbons (Fsp3) is 0.0435. The number of nitrogens with one attached hydrogen (secondary N) is 1. The van der Waals surface area contributed by atoms with E-state index in [1.165, 1.54) is 0 Å². The van der Waals surface area contributed by atoms with Crippen LogP contribution in [-0.2, 0) is 0 Å². The maximum absolute atomic E-state index is 10.0. The van der Waals surface area contributed by atoms with E-state index in [2.05, 4.69) is 20.2 Å². The first-order chi connectivity index (χ1) is 14.7. The first kappa shape index (κ1) is 17.8. The number of hydrogen-bond acceptors (Lipinski definition) is 6. The number of benzene rings is 1. The lowest BCUT2D eigenvalue weighted by Crippen LogP contribution is -1.93. The number of nitrogens with zero attached hydrogens (tertiary/aromatic N) is 4. The van der Waals surface area contributed by atoms with E-state index in [1.807, 2.05) is 30.3 Å². The lowest BCUT2D eigenvalue weighted by atomic mass is 9.98. The van der Waals surface area contributed by atoms with Crippen molar-refractivity contribution < 1.29 is 9.84 Å². The van der Waals surface area contributed by atoms with Crippen molar-refractivity contribution in [2.24, 2.45) is 0 Å². The molecule has 7 heteroatoms. The number of aromatic nitrogens is 5.